The lowest BCUT2D eigenvalue weighted by Gasteiger charge is -2.86. The van der Waals surface area contributed by atoms with Gasteiger partial charge in [0.1, 0.15) is 17.9 Å². The summed E-state index contributed by atoms with van der Waals surface area (Å²) in [5.41, 5.74) is 3.44. The molecule has 11 heteroatoms. The lowest BCUT2D eigenvalue weighted by molar-refractivity contribution is -0.349. The molecule has 0 radical (unpaired) electrons. The third-order valence-electron chi connectivity index (χ3n) is 11.8. The molecule has 2 amide bonds. The Bertz CT molecular complexity index is 1540. The number of nitrogens with zero attached hydrogens (tertiary/aromatic N) is 2. The fourth-order valence-corrected chi connectivity index (χ4v) is 9.66. The van der Waals surface area contributed by atoms with Crippen LogP contribution in [0.3, 0.4) is 0 Å². The van der Waals surface area contributed by atoms with E-state index in [1.54, 1.807) is 38.3 Å². The number of benzene rings is 2. The molecule has 6 rings (SSSR count). The normalized spacial score (nSPS) is 32.7. The molecule has 0 aromatic heterocycles. The SMILES string of the molecule is CNC(=O)c1cc(-c2ccc(Cl)c(CN3O[C@@H](CO)[C@@H]([C@H](C)O)[C@H]3C(=O)N[C@@]34C[C@H]5C3[C@@H]([C@@H]4C)C5(C)C)c2OC)cc(N(C)C)c1. The second-order valence-electron chi connectivity index (χ2n) is 14.5. The molecule has 1 heterocycles. The number of hydroxylamine groups is 2. The Morgan fingerprint density at radius 3 is 2.50 bits per heavy atom. The molecule has 250 valence electrons. The highest BCUT2D eigenvalue weighted by atomic mass is 35.5. The van der Waals surface area contributed by atoms with E-state index >= 15 is 0 Å². The van der Waals surface area contributed by atoms with Crippen molar-refractivity contribution in [3.63, 3.8) is 0 Å². The van der Waals surface area contributed by atoms with E-state index in [2.05, 4.69) is 31.4 Å². The van der Waals surface area contributed by atoms with Gasteiger partial charge in [-0.05, 0) is 78.3 Å². The second kappa shape index (κ2) is 11.7. The van der Waals surface area contributed by atoms with Gasteiger partial charge in [-0.25, -0.2) is 0 Å². The molecule has 3 saturated carbocycles. The van der Waals surface area contributed by atoms with Crippen LogP contribution in [0.4, 0.5) is 5.69 Å². The highest BCUT2D eigenvalue weighted by molar-refractivity contribution is 6.31. The Labute approximate surface area is 276 Å². The standard InChI is InChI=1S/C35H47ClN4O6/c1-17-28-29-24(34(28,3)4)14-35(17,29)38-33(44)30-27(18(2)42)26(16-41)46-40(30)15-23-25(36)10-9-22(31(23)45-8)19-11-20(32(43)37-5)13-21(12-19)39(6)7/h9-13,17-18,24,26-30,41-42H,14-16H2,1-8H3,(H,37,43)(H,38,44)/t17-,18-,24-,26-,27+,28+,29?,30-,35+/m0/s1. The van der Waals surface area contributed by atoms with Crippen molar-refractivity contribution in [3.8, 4) is 16.9 Å². The van der Waals surface area contributed by atoms with Crippen molar-refractivity contribution < 1.29 is 29.4 Å². The average molecular weight is 655 g/mol. The van der Waals surface area contributed by atoms with Gasteiger partial charge in [0.2, 0.25) is 5.91 Å². The number of ether oxygens (including phenoxy) is 1. The largest absolute Gasteiger partial charge is 0.496 e. The van der Waals surface area contributed by atoms with Crippen LogP contribution in [-0.2, 0) is 16.2 Å². The molecule has 9 atom stereocenters. The molecule has 3 aliphatic carbocycles. The van der Waals surface area contributed by atoms with Crippen molar-refractivity contribution in [2.75, 3.05) is 39.8 Å². The summed E-state index contributed by atoms with van der Waals surface area (Å²) in [6.45, 7) is 8.25. The first-order valence-electron chi connectivity index (χ1n) is 16.2. The molecule has 0 spiro atoms. The van der Waals surface area contributed by atoms with Crippen molar-refractivity contribution in [3.05, 3.63) is 46.5 Å². The lowest BCUT2D eigenvalue weighted by Crippen LogP contribution is -2.90. The maximum Gasteiger partial charge on any atom is 0.251 e. The van der Waals surface area contributed by atoms with Crippen LogP contribution in [0.1, 0.15) is 50.0 Å². The lowest BCUT2D eigenvalue weighted by atomic mass is 9.21. The Balaban J connectivity index is 1.35. The number of methoxy groups -OCH3 is 1. The van der Waals surface area contributed by atoms with E-state index in [1.807, 2.05) is 37.2 Å². The van der Waals surface area contributed by atoms with Gasteiger partial charge in [0, 0.05) is 60.0 Å². The maximum atomic E-state index is 14.3. The zero-order valence-corrected chi connectivity index (χ0v) is 28.7. The summed E-state index contributed by atoms with van der Waals surface area (Å²) in [6.07, 6.45) is -0.744. The summed E-state index contributed by atoms with van der Waals surface area (Å²) in [5, 5.41) is 29.2. The predicted molar refractivity (Wildman–Crippen MR) is 177 cm³/mol. The molecule has 4 N–H and O–H groups in total. The van der Waals surface area contributed by atoms with Crippen molar-refractivity contribution in [2.24, 2.45) is 35.0 Å². The summed E-state index contributed by atoms with van der Waals surface area (Å²) in [6, 6.07) is 8.33. The summed E-state index contributed by atoms with van der Waals surface area (Å²) >= 11 is 6.83. The summed E-state index contributed by atoms with van der Waals surface area (Å²) < 4.78 is 5.97. The Kier molecular flexibility index (Phi) is 8.38. The van der Waals surface area contributed by atoms with Gasteiger partial charge >= 0.3 is 0 Å². The van der Waals surface area contributed by atoms with Gasteiger partial charge in [0.05, 0.1) is 26.4 Å². The number of aliphatic hydroxyl groups is 2. The molecule has 0 bridgehead atoms. The minimum atomic E-state index is -0.917. The van der Waals surface area contributed by atoms with Crippen LogP contribution >= 0.6 is 11.6 Å². The third-order valence-corrected chi connectivity index (χ3v) is 12.2. The maximum absolute atomic E-state index is 14.3. The minimum Gasteiger partial charge on any atom is -0.496 e. The van der Waals surface area contributed by atoms with E-state index in [0.29, 0.717) is 56.5 Å². The van der Waals surface area contributed by atoms with E-state index in [4.69, 9.17) is 21.2 Å². The van der Waals surface area contributed by atoms with Crippen molar-refractivity contribution in [2.45, 2.75) is 64.4 Å². The predicted octanol–water partition coefficient (Wildman–Crippen LogP) is 3.71. The first-order valence-corrected chi connectivity index (χ1v) is 16.5. The number of nitrogens with one attached hydrogen (secondary N) is 2. The van der Waals surface area contributed by atoms with Crippen LogP contribution in [0.15, 0.2) is 30.3 Å². The number of rotatable bonds is 10. The van der Waals surface area contributed by atoms with Gasteiger partial charge in [0.25, 0.3) is 5.91 Å². The van der Waals surface area contributed by atoms with Gasteiger partial charge in [0.15, 0.2) is 0 Å². The van der Waals surface area contributed by atoms with Gasteiger partial charge in [-0.3, -0.25) is 14.4 Å². The van der Waals surface area contributed by atoms with Gasteiger partial charge in [-0.1, -0.05) is 32.4 Å². The van der Waals surface area contributed by atoms with Crippen LogP contribution in [-0.4, -0.2) is 85.7 Å². The zero-order chi connectivity index (χ0) is 33.5. The first kappa shape index (κ1) is 33.0. The summed E-state index contributed by atoms with van der Waals surface area (Å²) in [5.74, 6) is 1.44. The van der Waals surface area contributed by atoms with Crippen LogP contribution in [0.5, 0.6) is 5.75 Å². The Morgan fingerprint density at radius 1 is 1.22 bits per heavy atom. The van der Waals surface area contributed by atoms with Gasteiger partial charge < -0.3 is 30.5 Å². The van der Waals surface area contributed by atoms with E-state index < -0.39 is 24.2 Å². The van der Waals surface area contributed by atoms with Crippen molar-refractivity contribution in [1.82, 2.24) is 15.7 Å². The highest BCUT2D eigenvalue weighted by Crippen LogP contribution is 2.81. The molecule has 2 aromatic carbocycles. The number of aliphatic hydroxyl groups excluding tert-OH is 2. The molecule has 1 saturated heterocycles. The molecule has 46 heavy (non-hydrogen) atoms. The first-order chi connectivity index (χ1) is 21.7. The molecular formula is C35H47ClN4O6. The van der Waals surface area contributed by atoms with Crippen LogP contribution < -0.4 is 20.3 Å². The van der Waals surface area contributed by atoms with Crippen LogP contribution in [0, 0.1) is 35.0 Å². The second-order valence-corrected chi connectivity index (χ2v) is 14.9. The van der Waals surface area contributed by atoms with Gasteiger partial charge in [-0.2, -0.15) is 5.06 Å². The van der Waals surface area contributed by atoms with Crippen LogP contribution in [0.25, 0.3) is 11.1 Å². The molecule has 2 aromatic rings. The minimum absolute atomic E-state index is 0.0631. The molecule has 4 aliphatic rings. The van der Waals surface area contributed by atoms with Gasteiger partial charge in [-0.15, -0.1) is 0 Å². The molecular weight excluding hydrogens is 608 g/mol. The zero-order valence-electron chi connectivity index (χ0n) is 27.9. The average Bonchev–Trinajstić information content (AvgIpc) is 3.39. The monoisotopic (exact) mass is 654 g/mol. The molecule has 1 unspecified atom stereocenters. The molecule has 1 aliphatic heterocycles. The smallest absolute Gasteiger partial charge is 0.251 e. The number of carbonyl (C=O) groups excluding carboxylic acids is 2. The molecule has 4 fully saturated rings. The van der Waals surface area contributed by atoms with E-state index in [0.717, 1.165) is 17.7 Å². The summed E-state index contributed by atoms with van der Waals surface area (Å²) in [7, 11) is 6.96. The number of amides is 2. The number of hydrogen-bond donors (Lipinski definition) is 4. The third kappa shape index (κ3) is 4.74. The molecule has 10 nitrogen and oxygen atoms in total. The number of carbonyl (C=O) groups is 2. The van der Waals surface area contributed by atoms with Crippen molar-refractivity contribution >= 4 is 29.1 Å². The Morgan fingerprint density at radius 2 is 1.93 bits per heavy atom. The van der Waals surface area contributed by atoms with E-state index in [-0.39, 0.29) is 30.5 Å². The topological polar surface area (TPSA) is 124 Å². The highest BCUT2D eigenvalue weighted by Gasteiger charge is 2.83. The fraction of sp³-hybridized carbons (Fsp3) is 0.600. The van der Waals surface area contributed by atoms with E-state index in [1.165, 1.54) is 0 Å². The summed E-state index contributed by atoms with van der Waals surface area (Å²) in [4.78, 5) is 35.1. The van der Waals surface area contributed by atoms with E-state index in [9.17, 15) is 19.8 Å². The van der Waals surface area contributed by atoms with Crippen molar-refractivity contribution in [1.29, 1.82) is 0 Å². The fourth-order valence-electron chi connectivity index (χ4n) is 9.46. The number of hydrogen-bond acceptors (Lipinski definition) is 8. The number of halogens is 1. The quantitative estimate of drug-likeness (QED) is 0.306. The Hall–Kier alpha value is -2.89. The number of anilines is 1. The van der Waals surface area contributed by atoms with Crippen LogP contribution in [0.2, 0.25) is 5.02 Å².